The minimum Gasteiger partial charge on any atom is -0.368 e. The van der Waals surface area contributed by atoms with Crippen molar-refractivity contribution in [3.63, 3.8) is 0 Å². The van der Waals surface area contributed by atoms with Crippen LogP contribution in [0.5, 0.6) is 0 Å². The van der Waals surface area contributed by atoms with Gasteiger partial charge in [-0.2, -0.15) is 5.10 Å². The number of hydrogen-bond acceptors (Lipinski definition) is 6. The van der Waals surface area contributed by atoms with Crippen molar-refractivity contribution in [3.8, 4) is 10.7 Å². The number of piperazine rings is 1. The van der Waals surface area contributed by atoms with E-state index in [1.807, 2.05) is 46.7 Å². The van der Waals surface area contributed by atoms with Crippen LogP contribution in [-0.2, 0) is 11.3 Å². The van der Waals surface area contributed by atoms with Crippen LogP contribution in [0.3, 0.4) is 0 Å². The molecule has 0 radical (unpaired) electrons. The molecule has 0 aliphatic carbocycles. The highest BCUT2D eigenvalue weighted by molar-refractivity contribution is 7.71. The lowest BCUT2D eigenvalue weighted by Crippen LogP contribution is -2.49. The lowest BCUT2D eigenvalue weighted by Gasteiger charge is -2.36. The number of nitrogens with one attached hydrogen (secondary N) is 1. The second kappa shape index (κ2) is 8.30. The highest BCUT2D eigenvalue weighted by Crippen LogP contribution is 2.23. The van der Waals surface area contributed by atoms with E-state index in [1.165, 1.54) is 0 Å². The molecule has 0 spiro atoms. The fourth-order valence-corrected chi connectivity index (χ4v) is 4.33. The number of H-pyrrole nitrogens is 1. The molecule has 4 rings (SSSR count). The number of aromatic amines is 1. The van der Waals surface area contributed by atoms with Gasteiger partial charge in [-0.3, -0.25) is 19.3 Å². The summed E-state index contributed by atoms with van der Waals surface area (Å²) in [7, 11) is 0. The maximum absolute atomic E-state index is 12.9. The number of nitrogens with zero attached hydrogens (tertiary/aromatic N) is 4. The zero-order chi connectivity index (χ0) is 20.4. The summed E-state index contributed by atoms with van der Waals surface area (Å²) in [5.74, 6) is 0.793. The molecule has 0 unspecified atom stereocenters. The van der Waals surface area contributed by atoms with E-state index in [9.17, 15) is 9.59 Å². The second-order valence-electron chi connectivity index (χ2n) is 6.89. The highest BCUT2D eigenvalue weighted by Gasteiger charge is 2.23. The third kappa shape index (κ3) is 4.15. The molecule has 1 saturated heterocycles. The van der Waals surface area contributed by atoms with Gasteiger partial charge in [0, 0.05) is 37.4 Å². The van der Waals surface area contributed by atoms with Crippen LogP contribution in [0.15, 0.2) is 41.8 Å². The van der Waals surface area contributed by atoms with Crippen LogP contribution in [0.25, 0.3) is 10.7 Å². The van der Waals surface area contributed by atoms with Crippen molar-refractivity contribution in [3.05, 3.63) is 52.1 Å². The van der Waals surface area contributed by atoms with Crippen LogP contribution in [-0.4, -0.2) is 57.5 Å². The van der Waals surface area contributed by atoms with Gasteiger partial charge in [-0.15, -0.1) is 11.3 Å². The number of thiophene rings is 1. The van der Waals surface area contributed by atoms with Crippen LogP contribution in [0.4, 0.5) is 5.69 Å². The monoisotopic (exact) mass is 427 g/mol. The first-order chi connectivity index (χ1) is 14.0. The average molecular weight is 428 g/mol. The van der Waals surface area contributed by atoms with Gasteiger partial charge < -0.3 is 9.80 Å². The van der Waals surface area contributed by atoms with E-state index in [0.717, 1.165) is 23.7 Å². The van der Waals surface area contributed by atoms with E-state index in [0.29, 0.717) is 29.2 Å². The molecule has 1 aromatic carbocycles. The molecule has 150 valence electrons. The number of hydrogen-bond donors (Lipinski definition) is 1. The van der Waals surface area contributed by atoms with Gasteiger partial charge in [0.15, 0.2) is 16.4 Å². The van der Waals surface area contributed by atoms with E-state index in [1.54, 1.807) is 22.8 Å². The molecule has 2 aromatic heterocycles. The highest BCUT2D eigenvalue weighted by atomic mass is 32.1. The van der Waals surface area contributed by atoms with Crippen LogP contribution in [0, 0.1) is 4.77 Å². The Morgan fingerprint density at radius 3 is 2.48 bits per heavy atom. The van der Waals surface area contributed by atoms with Crippen molar-refractivity contribution in [1.29, 1.82) is 0 Å². The van der Waals surface area contributed by atoms with E-state index >= 15 is 0 Å². The molecule has 1 fully saturated rings. The van der Waals surface area contributed by atoms with Crippen molar-refractivity contribution in [1.82, 2.24) is 19.7 Å². The van der Waals surface area contributed by atoms with Crippen LogP contribution in [0.2, 0.25) is 0 Å². The summed E-state index contributed by atoms with van der Waals surface area (Å²) < 4.78 is 2.21. The largest absolute Gasteiger partial charge is 0.368 e. The summed E-state index contributed by atoms with van der Waals surface area (Å²) in [4.78, 5) is 29.4. The molecule has 9 heteroatoms. The fourth-order valence-electron chi connectivity index (χ4n) is 3.41. The van der Waals surface area contributed by atoms with Crippen molar-refractivity contribution < 1.29 is 9.59 Å². The van der Waals surface area contributed by atoms with Gasteiger partial charge in [0.1, 0.15) is 6.54 Å². The topological polar surface area (TPSA) is 74.2 Å². The number of ketones is 1. The quantitative estimate of drug-likeness (QED) is 0.500. The number of carbonyl (C=O) groups excluding carboxylic acids is 2. The first-order valence-corrected chi connectivity index (χ1v) is 10.6. The smallest absolute Gasteiger partial charge is 0.242 e. The zero-order valence-corrected chi connectivity index (χ0v) is 17.6. The SMILES string of the molecule is CC(=O)c1ccc(N2CCN(C(=O)Cn3c(-c4cccs4)n[nH]c3=S)CC2)cc1. The Morgan fingerprint density at radius 1 is 1.14 bits per heavy atom. The Hall–Kier alpha value is -2.78. The minimum atomic E-state index is 0.0342. The Labute approximate surface area is 177 Å². The molecule has 1 aliphatic heterocycles. The first-order valence-electron chi connectivity index (χ1n) is 9.36. The fraction of sp³-hybridized carbons (Fsp3) is 0.300. The third-order valence-corrected chi connectivity index (χ3v) is 6.24. The first kappa shape index (κ1) is 19.5. The van der Waals surface area contributed by atoms with Crippen molar-refractivity contribution in [2.24, 2.45) is 0 Å². The summed E-state index contributed by atoms with van der Waals surface area (Å²) in [6.45, 7) is 4.53. The molecule has 1 amide bonds. The van der Waals surface area contributed by atoms with E-state index in [-0.39, 0.29) is 18.2 Å². The second-order valence-corrected chi connectivity index (χ2v) is 8.22. The third-order valence-electron chi connectivity index (χ3n) is 5.06. The van der Waals surface area contributed by atoms with Crippen molar-refractivity contribution in [2.45, 2.75) is 13.5 Å². The number of aromatic nitrogens is 3. The van der Waals surface area contributed by atoms with Gasteiger partial charge in [0.05, 0.1) is 4.88 Å². The summed E-state index contributed by atoms with van der Waals surface area (Å²) in [6, 6.07) is 11.5. The zero-order valence-electron chi connectivity index (χ0n) is 16.0. The van der Waals surface area contributed by atoms with Crippen LogP contribution in [0.1, 0.15) is 17.3 Å². The van der Waals surface area contributed by atoms with Gasteiger partial charge in [0.2, 0.25) is 5.91 Å². The molecule has 29 heavy (non-hydrogen) atoms. The molecule has 3 heterocycles. The number of anilines is 1. The van der Waals surface area contributed by atoms with E-state index < -0.39 is 0 Å². The van der Waals surface area contributed by atoms with E-state index in [4.69, 9.17) is 12.2 Å². The van der Waals surface area contributed by atoms with Crippen molar-refractivity contribution >= 4 is 40.9 Å². The molecule has 0 saturated carbocycles. The molecule has 3 aromatic rings. The van der Waals surface area contributed by atoms with Gasteiger partial charge >= 0.3 is 0 Å². The van der Waals surface area contributed by atoms with Gasteiger partial charge in [0.25, 0.3) is 0 Å². The lowest BCUT2D eigenvalue weighted by atomic mass is 10.1. The standard InChI is InChI=1S/C20H21N5O2S2/c1-14(26)15-4-6-16(7-5-15)23-8-10-24(11-9-23)18(27)13-25-19(21-22-20(25)28)17-3-2-12-29-17/h2-7,12H,8-11,13H2,1H3,(H,22,28). The number of Topliss-reactive ketones (excluding diaryl/α,β-unsaturated/α-hetero) is 1. The Kier molecular flexibility index (Phi) is 5.59. The molecule has 1 aliphatic rings. The summed E-state index contributed by atoms with van der Waals surface area (Å²) in [5, 5.41) is 9.05. The van der Waals surface area contributed by atoms with Gasteiger partial charge in [-0.25, -0.2) is 0 Å². The number of amides is 1. The summed E-state index contributed by atoms with van der Waals surface area (Å²) in [5.41, 5.74) is 1.78. The summed E-state index contributed by atoms with van der Waals surface area (Å²) in [6.07, 6.45) is 0. The van der Waals surface area contributed by atoms with Gasteiger partial charge in [-0.1, -0.05) is 6.07 Å². The van der Waals surface area contributed by atoms with Crippen LogP contribution >= 0.6 is 23.6 Å². The molecular weight excluding hydrogens is 406 g/mol. The molecular formula is C20H21N5O2S2. The van der Waals surface area contributed by atoms with Crippen LogP contribution < -0.4 is 4.90 Å². The number of benzene rings is 1. The van der Waals surface area contributed by atoms with E-state index in [2.05, 4.69) is 15.1 Å². The molecule has 0 atom stereocenters. The normalized spacial score (nSPS) is 14.2. The minimum absolute atomic E-state index is 0.0342. The summed E-state index contributed by atoms with van der Waals surface area (Å²) >= 11 is 6.89. The Balaban J connectivity index is 1.39. The number of carbonyl (C=O) groups is 2. The molecule has 0 bridgehead atoms. The molecule has 7 nitrogen and oxygen atoms in total. The molecule has 1 N–H and O–H groups in total. The maximum Gasteiger partial charge on any atom is 0.242 e. The van der Waals surface area contributed by atoms with Gasteiger partial charge in [-0.05, 0) is 54.9 Å². The average Bonchev–Trinajstić information content (AvgIpc) is 3.38. The predicted molar refractivity (Wildman–Crippen MR) is 116 cm³/mol. The maximum atomic E-state index is 12.9. The van der Waals surface area contributed by atoms with Crippen molar-refractivity contribution in [2.75, 3.05) is 31.1 Å². The lowest BCUT2D eigenvalue weighted by molar-refractivity contribution is -0.132. The predicted octanol–water partition coefficient (Wildman–Crippen LogP) is 3.22. The number of rotatable bonds is 5. The Bertz CT molecular complexity index is 1060. The Morgan fingerprint density at radius 2 is 1.86 bits per heavy atom.